The van der Waals surface area contributed by atoms with Crippen molar-refractivity contribution in [1.82, 2.24) is 9.55 Å². The van der Waals surface area contributed by atoms with E-state index in [0.717, 1.165) is 0 Å². The van der Waals surface area contributed by atoms with Gasteiger partial charge >= 0.3 is 0 Å². The number of aromatic amines is 1. The van der Waals surface area contributed by atoms with Crippen molar-refractivity contribution in [2.45, 2.75) is 0 Å². The molecule has 4 aromatic carbocycles. The van der Waals surface area contributed by atoms with Gasteiger partial charge in [0.05, 0.1) is 22.2 Å². The lowest BCUT2D eigenvalue weighted by molar-refractivity contribution is 1.19. The molecule has 0 fully saturated rings. The average molecular weight is 332 g/mol. The predicted octanol–water partition coefficient (Wildman–Crippen LogP) is 6.42. The van der Waals surface area contributed by atoms with Gasteiger partial charge in [-0.3, -0.25) is 0 Å². The van der Waals surface area contributed by atoms with Gasteiger partial charge in [0.1, 0.15) is 0 Å². The minimum atomic E-state index is 1.18. The highest BCUT2D eigenvalue weighted by atomic mass is 15.0. The molecule has 0 radical (unpaired) electrons. The Kier molecular flexibility index (Phi) is 2.64. The van der Waals surface area contributed by atoms with Gasteiger partial charge in [-0.1, -0.05) is 66.7 Å². The molecule has 0 bridgehead atoms. The number of hydrogen-bond donors (Lipinski definition) is 1. The lowest BCUT2D eigenvalue weighted by Gasteiger charge is -2.09. The van der Waals surface area contributed by atoms with Crippen LogP contribution in [0.4, 0.5) is 0 Å². The number of aromatic nitrogens is 2. The molecule has 2 heteroatoms. The van der Waals surface area contributed by atoms with E-state index in [0.29, 0.717) is 0 Å². The maximum Gasteiger partial charge on any atom is 0.0709 e. The van der Waals surface area contributed by atoms with Gasteiger partial charge in [0.15, 0.2) is 0 Å². The van der Waals surface area contributed by atoms with E-state index in [-0.39, 0.29) is 0 Å². The molecular formula is C24H16N2. The first-order chi connectivity index (χ1) is 12.9. The highest BCUT2D eigenvalue weighted by Gasteiger charge is 2.15. The van der Waals surface area contributed by atoms with Gasteiger partial charge in [-0.2, -0.15) is 0 Å². The van der Waals surface area contributed by atoms with Gasteiger partial charge in [0, 0.05) is 27.1 Å². The van der Waals surface area contributed by atoms with Crippen LogP contribution >= 0.6 is 0 Å². The topological polar surface area (TPSA) is 20.7 Å². The van der Waals surface area contributed by atoms with Crippen molar-refractivity contribution < 1.29 is 0 Å². The highest BCUT2D eigenvalue weighted by molar-refractivity contribution is 6.13. The van der Waals surface area contributed by atoms with Crippen molar-refractivity contribution in [2.24, 2.45) is 0 Å². The summed E-state index contributed by atoms with van der Waals surface area (Å²) >= 11 is 0. The van der Waals surface area contributed by atoms with Crippen molar-refractivity contribution >= 4 is 43.6 Å². The first kappa shape index (κ1) is 13.7. The van der Waals surface area contributed by atoms with Crippen LogP contribution in [0.3, 0.4) is 0 Å². The molecule has 0 unspecified atom stereocenters. The number of hydrogen-bond acceptors (Lipinski definition) is 0. The second-order valence-electron chi connectivity index (χ2n) is 6.74. The van der Waals surface area contributed by atoms with Crippen molar-refractivity contribution in [3.8, 4) is 5.69 Å². The van der Waals surface area contributed by atoms with Crippen LogP contribution in [0.15, 0.2) is 91.0 Å². The minimum Gasteiger partial charge on any atom is -0.353 e. The van der Waals surface area contributed by atoms with Crippen LogP contribution in [0.1, 0.15) is 0 Å². The van der Waals surface area contributed by atoms with Gasteiger partial charge in [0.25, 0.3) is 0 Å². The number of para-hydroxylation sites is 4. The summed E-state index contributed by atoms with van der Waals surface area (Å²) in [5.74, 6) is 0. The molecule has 2 heterocycles. The zero-order chi connectivity index (χ0) is 17.1. The van der Waals surface area contributed by atoms with Gasteiger partial charge in [-0.05, 0) is 24.3 Å². The fourth-order valence-corrected chi connectivity index (χ4v) is 4.23. The second kappa shape index (κ2) is 4.99. The van der Waals surface area contributed by atoms with E-state index < -0.39 is 0 Å². The fraction of sp³-hybridized carbons (Fsp3) is 0. The van der Waals surface area contributed by atoms with Crippen LogP contribution in [-0.4, -0.2) is 9.55 Å². The molecule has 0 atom stereocenters. The van der Waals surface area contributed by atoms with Gasteiger partial charge in [-0.25, -0.2) is 0 Å². The molecule has 1 N–H and O–H groups in total. The molecule has 0 aliphatic rings. The van der Waals surface area contributed by atoms with E-state index in [4.69, 9.17) is 0 Å². The molecule has 26 heavy (non-hydrogen) atoms. The van der Waals surface area contributed by atoms with E-state index in [2.05, 4.69) is 101 Å². The van der Waals surface area contributed by atoms with E-state index in [1.165, 1.54) is 49.3 Å². The number of nitrogens with one attached hydrogen (secondary N) is 1. The van der Waals surface area contributed by atoms with Crippen molar-refractivity contribution in [3.05, 3.63) is 91.0 Å². The Morgan fingerprint density at radius 1 is 0.500 bits per heavy atom. The number of nitrogens with zero attached hydrogens (tertiary/aromatic N) is 1. The Hall–Kier alpha value is -3.52. The van der Waals surface area contributed by atoms with Gasteiger partial charge in [0.2, 0.25) is 0 Å². The summed E-state index contributed by atoms with van der Waals surface area (Å²) in [4.78, 5) is 3.64. The van der Waals surface area contributed by atoms with Crippen molar-refractivity contribution in [3.63, 3.8) is 0 Å². The number of rotatable bonds is 1. The second-order valence-corrected chi connectivity index (χ2v) is 6.74. The summed E-state index contributed by atoms with van der Waals surface area (Å²) in [7, 11) is 0. The van der Waals surface area contributed by atoms with E-state index >= 15 is 0 Å². The molecule has 122 valence electrons. The quantitative estimate of drug-likeness (QED) is 0.359. The van der Waals surface area contributed by atoms with E-state index in [1.807, 2.05) is 0 Å². The van der Waals surface area contributed by atoms with Crippen molar-refractivity contribution in [2.75, 3.05) is 0 Å². The fourth-order valence-electron chi connectivity index (χ4n) is 4.23. The molecule has 0 spiro atoms. The number of H-pyrrole nitrogens is 1. The summed E-state index contributed by atoms with van der Waals surface area (Å²) in [5, 5.41) is 5.11. The Bertz CT molecular complexity index is 1380. The number of benzene rings is 4. The summed E-state index contributed by atoms with van der Waals surface area (Å²) in [6, 6.07) is 32.4. The maximum atomic E-state index is 3.64. The zero-order valence-electron chi connectivity index (χ0n) is 14.1. The van der Waals surface area contributed by atoms with Crippen LogP contribution < -0.4 is 0 Å². The van der Waals surface area contributed by atoms with Crippen LogP contribution in [0.25, 0.3) is 49.3 Å². The summed E-state index contributed by atoms with van der Waals surface area (Å²) in [6.07, 6.45) is 0. The molecule has 0 amide bonds. The molecule has 6 aromatic rings. The molecule has 0 aliphatic heterocycles. The monoisotopic (exact) mass is 332 g/mol. The Balaban J connectivity index is 1.84. The van der Waals surface area contributed by atoms with Crippen molar-refractivity contribution in [1.29, 1.82) is 0 Å². The lowest BCUT2D eigenvalue weighted by atomic mass is 10.1. The largest absolute Gasteiger partial charge is 0.353 e. The molecule has 0 aliphatic carbocycles. The van der Waals surface area contributed by atoms with Crippen LogP contribution in [0.5, 0.6) is 0 Å². The molecule has 0 saturated heterocycles. The van der Waals surface area contributed by atoms with E-state index in [1.54, 1.807) is 0 Å². The smallest absolute Gasteiger partial charge is 0.0709 e. The first-order valence-electron chi connectivity index (χ1n) is 8.90. The molecule has 0 saturated carbocycles. The minimum absolute atomic E-state index is 1.18. The SMILES string of the molecule is c1ccc2c(c1)[nH]c1c(-n3c4ccccc4c4ccccc43)cccc12. The Labute approximate surface area is 150 Å². The average Bonchev–Trinajstić information content (AvgIpc) is 3.24. The standard InChI is InChI=1S/C24H16N2/c1-4-12-20-16(8-1)19-11-7-15-23(24(19)25-20)26-21-13-5-2-9-17(21)18-10-3-6-14-22(18)26/h1-15,25H. The maximum absolute atomic E-state index is 3.64. The van der Waals surface area contributed by atoms with Crippen LogP contribution in [0, 0.1) is 0 Å². The lowest BCUT2D eigenvalue weighted by Crippen LogP contribution is -1.94. The third-order valence-electron chi connectivity index (χ3n) is 5.34. The van der Waals surface area contributed by atoms with Gasteiger partial charge < -0.3 is 9.55 Å². The summed E-state index contributed by atoms with van der Waals surface area (Å²) < 4.78 is 2.38. The molecule has 6 rings (SSSR count). The van der Waals surface area contributed by atoms with Gasteiger partial charge in [-0.15, -0.1) is 0 Å². The predicted molar refractivity (Wildman–Crippen MR) is 110 cm³/mol. The molecular weight excluding hydrogens is 316 g/mol. The normalized spacial score (nSPS) is 11.8. The third-order valence-corrected chi connectivity index (χ3v) is 5.34. The third kappa shape index (κ3) is 1.71. The summed E-state index contributed by atoms with van der Waals surface area (Å²) in [5.41, 5.74) is 6.02. The molecule has 2 nitrogen and oxygen atoms in total. The zero-order valence-corrected chi connectivity index (χ0v) is 14.1. The van der Waals surface area contributed by atoms with Crippen LogP contribution in [-0.2, 0) is 0 Å². The Morgan fingerprint density at radius 3 is 1.81 bits per heavy atom. The summed E-state index contributed by atoms with van der Waals surface area (Å²) in [6.45, 7) is 0. The first-order valence-corrected chi connectivity index (χ1v) is 8.90. The highest BCUT2D eigenvalue weighted by Crippen LogP contribution is 2.35. The molecule has 2 aromatic heterocycles. The van der Waals surface area contributed by atoms with E-state index in [9.17, 15) is 0 Å². The number of fused-ring (bicyclic) bond motifs is 6. The van der Waals surface area contributed by atoms with Crippen LogP contribution in [0.2, 0.25) is 0 Å². The Morgan fingerprint density at radius 2 is 1.08 bits per heavy atom.